The summed E-state index contributed by atoms with van der Waals surface area (Å²) in [5.74, 6) is -1.57. The predicted molar refractivity (Wildman–Crippen MR) is 80.9 cm³/mol. The van der Waals surface area contributed by atoms with Gasteiger partial charge in [0.25, 0.3) is 0 Å². The Kier molecular flexibility index (Phi) is 5.05. The van der Waals surface area contributed by atoms with Gasteiger partial charge in [0.2, 0.25) is 5.91 Å². The molecule has 0 aliphatic heterocycles. The maximum absolute atomic E-state index is 12.2. The van der Waals surface area contributed by atoms with Crippen LogP contribution in [0.5, 0.6) is 0 Å². The van der Waals surface area contributed by atoms with E-state index in [-0.39, 0.29) is 11.8 Å². The molecule has 20 heavy (non-hydrogen) atoms. The van der Waals surface area contributed by atoms with Gasteiger partial charge in [0.15, 0.2) is 0 Å². The maximum Gasteiger partial charge on any atom is 0.306 e. The zero-order chi connectivity index (χ0) is 14.7. The van der Waals surface area contributed by atoms with Crippen molar-refractivity contribution in [3.63, 3.8) is 0 Å². The highest BCUT2D eigenvalue weighted by Crippen LogP contribution is 2.31. The van der Waals surface area contributed by atoms with Crippen molar-refractivity contribution in [1.82, 2.24) is 0 Å². The molecule has 0 heterocycles. The summed E-state index contributed by atoms with van der Waals surface area (Å²) in [5, 5.41) is 12.4. The molecule has 108 valence electrons. The molecule has 1 aromatic carbocycles. The average Bonchev–Trinajstić information content (AvgIpc) is 2.43. The van der Waals surface area contributed by atoms with Gasteiger partial charge in [0.1, 0.15) is 0 Å². The van der Waals surface area contributed by atoms with Gasteiger partial charge in [0.05, 0.1) is 10.9 Å². The normalized spacial score (nSPS) is 22.3. The number of carbonyl (C=O) groups is 2. The van der Waals surface area contributed by atoms with E-state index in [2.05, 4.69) is 21.2 Å². The van der Waals surface area contributed by atoms with E-state index < -0.39 is 11.9 Å². The Labute approximate surface area is 130 Å². The molecule has 6 heteroatoms. The van der Waals surface area contributed by atoms with Crippen molar-refractivity contribution in [2.45, 2.75) is 25.7 Å². The zero-order valence-electron chi connectivity index (χ0n) is 10.7. The average molecular weight is 361 g/mol. The fraction of sp³-hybridized carbons (Fsp3) is 0.429. The number of carboxylic acid groups (broad SMARTS) is 1. The number of amides is 1. The quantitative estimate of drug-likeness (QED) is 0.858. The fourth-order valence-electron chi connectivity index (χ4n) is 2.47. The van der Waals surface area contributed by atoms with Gasteiger partial charge in [-0.25, -0.2) is 0 Å². The van der Waals surface area contributed by atoms with Crippen LogP contribution in [-0.4, -0.2) is 17.0 Å². The minimum Gasteiger partial charge on any atom is -0.481 e. The van der Waals surface area contributed by atoms with E-state index in [0.717, 1.165) is 12.8 Å². The largest absolute Gasteiger partial charge is 0.481 e. The van der Waals surface area contributed by atoms with E-state index in [1.165, 1.54) is 0 Å². The molecule has 1 saturated carbocycles. The highest BCUT2D eigenvalue weighted by molar-refractivity contribution is 9.10. The van der Waals surface area contributed by atoms with Crippen LogP contribution < -0.4 is 5.32 Å². The first-order chi connectivity index (χ1) is 9.47. The second-order valence-corrected chi connectivity index (χ2v) is 6.28. The Balaban J connectivity index is 2.00. The van der Waals surface area contributed by atoms with Crippen molar-refractivity contribution in [2.24, 2.45) is 11.8 Å². The van der Waals surface area contributed by atoms with Crippen molar-refractivity contribution >= 4 is 45.1 Å². The molecule has 2 rings (SSSR count). The summed E-state index contributed by atoms with van der Waals surface area (Å²) in [6, 6.07) is 5.16. The lowest BCUT2D eigenvalue weighted by molar-refractivity contribution is -0.143. The van der Waals surface area contributed by atoms with Crippen LogP contribution in [0, 0.1) is 11.8 Å². The Morgan fingerprint density at radius 2 is 2.00 bits per heavy atom. The van der Waals surface area contributed by atoms with Gasteiger partial charge >= 0.3 is 5.97 Å². The first-order valence-corrected chi connectivity index (χ1v) is 7.63. The smallest absolute Gasteiger partial charge is 0.306 e. The number of nitrogens with one attached hydrogen (secondary N) is 1. The van der Waals surface area contributed by atoms with Crippen LogP contribution in [0.2, 0.25) is 5.02 Å². The number of rotatable bonds is 3. The molecule has 1 fully saturated rings. The molecule has 2 atom stereocenters. The van der Waals surface area contributed by atoms with Crippen LogP contribution in [0.15, 0.2) is 22.7 Å². The number of anilines is 1. The topological polar surface area (TPSA) is 66.4 Å². The predicted octanol–water partition coefficient (Wildman–Crippen LogP) is 3.93. The summed E-state index contributed by atoms with van der Waals surface area (Å²) >= 11 is 9.19. The summed E-state index contributed by atoms with van der Waals surface area (Å²) in [5.41, 5.74) is 0.656. The van der Waals surface area contributed by atoms with Crippen LogP contribution in [0.25, 0.3) is 0 Å². The Morgan fingerprint density at radius 3 is 2.65 bits per heavy atom. The second-order valence-electron chi connectivity index (χ2n) is 5.02. The van der Waals surface area contributed by atoms with E-state index in [9.17, 15) is 9.59 Å². The molecule has 1 aliphatic carbocycles. The Hall–Kier alpha value is -1.07. The van der Waals surface area contributed by atoms with Crippen molar-refractivity contribution in [3.05, 3.63) is 27.7 Å². The number of halogens is 2. The standard InChI is InChI=1S/C14H15BrClNO3/c15-11-7-10(4-5-12(11)16)17-13(18)8-2-1-3-9(6-8)14(19)20/h4-5,7-9H,1-3,6H2,(H,17,18)(H,19,20). The molecule has 1 aliphatic rings. The van der Waals surface area contributed by atoms with Crippen molar-refractivity contribution in [2.75, 3.05) is 5.32 Å². The van der Waals surface area contributed by atoms with E-state index in [4.69, 9.17) is 16.7 Å². The third-order valence-corrected chi connectivity index (χ3v) is 4.80. The molecule has 0 bridgehead atoms. The fourth-order valence-corrected chi connectivity index (χ4v) is 2.97. The Bertz CT molecular complexity index is 535. The minimum absolute atomic E-state index is 0.120. The maximum atomic E-state index is 12.2. The van der Waals surface area contributed by atoms with E-state index >= 15 is 0 Å². The van der Waals surface area contributed by atoms with Crippen LogP contribution >= 0.6 is 27.5 Å². The van der Waals surface area contributed by atoms with Crippen LogP contribution in [0.1, 0.15) is 25.7 Å². The van der Waals surface area contributed by atoms with Crippen molar-refractivity contribution in [1.29, 1.82) is 0 Å². The number of hydrogen-bond donors (Lipinski definition) is 2. The highest BCUT2D eigenvalue weighted by atomic mass is 79.9. The van der Waals surface area contributed by atoms with Crippen LogP contribution in [0.3, 0.4) is 0 Å². The summed E-state index contributed by atoms with van der Waals surface area (Å²) in [6.45, 7) is 0. The van der Waals surface area contributed by atoms with E-state index in [1.54, 1.807) is 18.2 Å². The second kappa shape index (κ2) is 6.59. The van der Waals surface area contributed by atoms with Gasteiger partial charge in [-0.15, -0.1) is 0 Å². The lowest BCUT2D eigenvalue weighted by atomic mass is 9.81. The number of benzene rings is 1. The monoisotopic (exact) mass is 359 g/mol. The number of carboxylic acids is 1. The van der Waals surface area contributed by atoms with Gasteiger partial charge in [-0.2, -0.15) is 0 Å². The molecule has 1 amide bonds. The SMILES string of the molecule is O=C(O)C1CCCC(C(=O)Nc2ccc(Cl)c(Br)c2)C1. The van der Waals surface area contributed by atoms with E-state index in [0.29, 0.717) is 28.0 Å². The molecule has 4 nitrogen and oxygen atoms in total. The molecular weight excluding hydrogens is 346 g/mol. The van der Waals surface area contributed by atoms with E-state index in [1.807, 2.05) is 0 Å². The van der Waals surface area contributed by atoms with Gasteiger partial charge in [-0.3, -0.25) is 9.59 Å². The van der Waals surface area contributed by atoms with Crippen LogP contribution in [-0.2, 0) is 9.59 Å². The molecule has 1 aromatic rings. The first kappa shape index (κ1) is 15.3. The van der Waals surface area contributed by atoms with Gasteiger partial charge < -0.3 is 10.4 Å². The molecule has 2 N–H and O–H groups in total. The van der Waals surface area contributed by atoms with Gasteiger partial charge in [0, 0.05) is 16.1 Å². The third-order valence-electron chi connectivity index (χ3n) is 3.58. The number of aliphatic carboxylic acids is 1. The van der Waals surface area contributed by atoms with Crippen molar-refractivity contribution < 1.29 is 14.7 Å². The summed E-state index contributed by atoms with van der Waals surface area (Å²) < 4.78 is 0.712. The first-order valence-electron chi connectivity index (χ1n) is 6.46. The lowest BCUT2D eigenvalue weighted by Crippen LogP contribution is -2.30. The number of carbonyl (C=O) groups excluding carboxylic acids is 1. The summed E-state index contributed by atoms with van der Waals surface area (Å²) in [6.07, 6.45) is 2.59. The molecule has 0 spiro atoms. The third kappa shape index (κ3) is 3.73. The van der Waals surface area contributed by atoms with Gasteiger partial charge in [-0.05, 0) is 53.4 Å². The molecule has 0 saturated heterocycles. The molecule has 0 radical (unpaired) electrons. The summed E-state index contributed by atoms with van der Waals surface area (Å²) in [4.78, 5) is 23.2. The van der Waals surface area contributed by atoms with Crippen molar-refractivity contribution in [3.8, 4) is 0 Å². The molecule has 2 unspecified atom stereocenters. The number of hydrogen-bond acceptors (Lipinski definition) is 2. The summed E-state index contributed by atoms with van der Waals surface area (Å²) in [7, 11) is 0. The highest BCUT2D eigenvalue weighted by Gasteiger charge is 2.31. The Morgan fingerprint density at radius 1 is 1.30 bits per heavy atom. The lowest BCUT2D eigenvalue weighted by Gasteiger charge is -2.25. The zero-order valence-corrected chi connectivity index (χ0v) is 13.1. The minimum atomic E-state index is -0.809. The van der Waals surface area contributed by atoms with Gasteiger partial charge in [-0.1, -0.05) is 18.0 Å². The van der Waals surface area contributed by atoms with Crippen LogP contribution in [0.4, 0.5) is 5.69 Å². The molecular formula is C14H15BrClNO3. The molecule has 0 aromatic heterocycles.